The molecule has 2 nitrogen and oxygen atoms in total. The third-order valence-corrected chi connectivity index (χ3v) is 2.86. The maximum absolute atomic E-state index is 9.60. The highest BCUT2D eigenvalue weighted by molar-refractivity contribution is 5.29. The van der Waals surface area contributed by atoms with Crippen LogP contribution in [0.2, 0.25) is 0 Å². The molecule has 0 aliphatic rings. The molecular formula is C14H22O2. The molecule has 2 unspecified atom stereocenters. The fraction of sp³-hybridized carbons (Fsp3) is 0.571. The number of benzene rings is 1. The average Bonchev–Trinajstić information content (AvgIpc) is 2.30. The first-order chi connectivity index (χ1) is 7.67. The maximum Gasteiger partial charge on any atom is 0.119 e. The molecule has 0 radical (unpaired) electrons. The van der Waals surface area contributed by atoms with Gasteiger partial charge in [0.25, 0.3) is 0 Å². The molecular weight excluding hydrogens is 200 g/mol. The Balaban J connectivity index is 2.59. The number of hydrogen-bond donors (Lipinski definition) is 1. The van der Waals surface area contributed by atoms with Crippen LogP contribution in [0.1, 0.15) is 45.1 Å². The Morgan fingerprint density at radius 3 is 2.31 bits per heavy atom. The Hall–Kier alpha value is -1.02. The zero-order chi connectivity index (χ0) is 12.0. The summed E-state index contributed by atoms with van der Waals surface area (Å²) in [5, 5.41) is 9.60. The zero-order valence-electron chi connectivity index (χ0n) is 10.4. The summed E-state index contributed by atoms with van der Waals surface area (Å²) in [7, 11) is 0. The fourth-order valence-electron chi connectivity index (χ4n) is 1.77. The van der Waals surface area contributed by atoms with Crippen molar-refractivity contribution in [2.24, 2.45) is 0 Å². The van der Waals surface area contributed by atoms with Crippen molar-refractivity contribution in [2.45, 2.75) is 45.6 Å². The normalized spacial score (nSPS) is 14.5. The lowest BCUT2D eigenvalue weighted by atomic mass is 9.94. The highest BCUT2D eigenvalue weighted by Gasteiger charge is 2.10. The molecule has 1 N–H and O–H groups in total. The molecule has 0 spiro atoms. The topological polar surface area (TPSA) is 29.5 Å². The molecule has 0 bridgehead atoms. The van der Waals surface area contributed by atoms with E-state index in [-0.39, 0.29) is 6.10 Å². The second-order valence-electron chi connectivity index (χ2n) is 4.20. The summed E-state index contributed by atoms with van der Waals surface area (Å²) in [6.45, 7) is 6.84. The molecule has 0 aliphatic carbocycles. The van der Waals surface area contributed by atoms with Gasteiger partial charge >= 0.3 is 0 Å². The third-order valence-electron chi connectivity index (χ3n) is 2.86. The van der Waals surface area contributed by atoms with Gasteiger partial charge in [0, 0.05) is 0 Å². The SMILES string of the molecule is CCOc1ccc(C(C)CC(O)CC)cc1. The van der Waals surface area contributed by atoms with Gasteiger partial charge in [-0.15, -0.1) is 0 Å². The van der Waals surface area contributed by atoms with Crippen LogP contribution in [0.3, 0.4) is 0 Å². The summed E-state index contributed by atoms with van der Waals surface area (Å²) in [6, 6.07) is 8.15. The van der Waals surface area contributed by atoms with Crippen molar-refractivity contribution in [1.82, 2.24) is 0 Å². The number of aliphatic hydroxyl groups excluding tert-OH is 1. The molecule has 90 valence electrons. The number of hydrogen-bond acceptors (Lipinski definition) is 2. The van der Waals surface area contributed by atoms with Crippen LogP contribution in [0, 0.1) is 0 Å². The Labute approximate surface area is 98.3 Å². The average molecular weight is 222 g/mol. The molecule has 2 heteroatoms. The van der Waals surface area contributed by atoms with E-state index in [2.05, 4.69) is 19.1 Å². The van der Waals surface area contributed by atoms with E-state index in [1.807, 2.05) is 26.0 Å². The van der Waals surface area contributed by atoms with Crippen molar-refractivity contribution < 1.29 is 9.84 Å². The molecule has 0 saturated carbocycles. The number of rotatable bonds is 6. The predicted octanol–water partition coefficient (Wildman–Crippen LogP) is 3.35. The van der Waals surface area contributed by atoms with Crippen molar-refractivity contribution in [3.05, 3.63) is 29.8 Å². The molecule has 1 aromatic carbocycles. The zero-order valence-corrected chi connectivity index (χ0v) is 10.4. The van der Waals surface area contributed by atoms with E-state index in [0.717, 1.165) is 18.6 Å². The van der Waals surface area contributed by atoms with Gasteiger partial charge in [-0.25, -0.2) is 0 Å². The number of ether oxygens (including phenoxy) is 1. The van der Waals surface area contributed by atoms with E-state index in [1.165, 1.54) is 5.56 Å². The van der Waals surface area contributed by atoms with Gasteiger partial charge in [0.05, 0.1) is 12.7 Å². The lowest BCUT2D eigenvalue weighted by Crippen LogP contribution is -2.09. The van der Waals surface area contributed by atoms with Crippen LogP contribution in [0.5, 0.6) is 5.75 Å². The Bertz CT molecular complexity index is 292. The van der Waals surface area contributed by atoms with E-state index in [9.17, 15) is 5.11 Å². The minimum Gasteiger partial charge on any atom is -0.494 e. The van der Waals surface area contributed by atoms with Crippen LogP contribution in [0.15, 0.2) is 24.3 Å². The minimum absolute atomic E-state index is 0.193. The first-order valence-corrected chi connectivity index (χ1v) is 6.08. The van der Waals surface area contributed by atoms with Gasteiger partial charge in [-0.1, -0.05) is 26.0 Å². The molecule has 0 aromatic heterocycles. The highest BCUT2D eigenvalue weighted by Crippen LogP contribution is 2.23. The lowest BCUT2D eigenvalue weighted by molar-refractivity contribution is 0.153. The van der Waals surface area contributed by atoms with Gasteiger partial charge in [0.15, 0.2) is 0 Å². The van der Waals surface area contributed by atoms with Crippen LogP contribution in [-0.4, -0.2) is 17.8 Å². The van der Waals surface area contributed by atoms with Gasteiger partial charge in [-0.05, 0) is 43.4 Å². The van der Waals surface area contributed by atoms with Gasteiger partial charge < -0.3 is 9.84 Å². The maximum atomic E-state index is 9.60. The minimum atomic E-state index is -0.193. The van der Waals surface area contributed by atoms with E-state index in [0.29, 0.717) is 12.5 Å². The van der Waals surface area contributed by atoms with E-state index < -0.39 is 0 Å². The van der Waals surface area contributed by atoms with Gasteiger partial charge in [0.2, 0.25) is 0 Å². The monoisotopic (exact) mass is 222 g/mol. The van der Waals surface area contributed by atoms with Crippen molar-refractivity contribution in [1.29, 1.82) is 0 Å². The van der Waals surface area contributed by atoms with Crippen LogP contribution in [-0.2, 0) is 0 Å². The van der Waals surface area contributed by atoms with Crippen LogP contribution in [0.25, 0.3) is 0 Å². The van der Waals surface area contributed by atoms with Gasteiger partial charge in [-0.3, -0.25) is 0 Å². The van der Waals surface area contributed by atoms with Gasteiger partial charge in [0.1, 0.15) is 5.75 Å². The second-order valence-corrected chi connectivity index (χ2v) is 4.20. The summed E-state index contributed by atoms with van der Waals surface area (Å²) in [6.07, 6.45) is 1.45. The summed E-state index contributed by atoms with van der Waals surface area (Å²) in [4.78, 5) is 0. The van der Waals surface area contributed by atoms with Crippen molar-refractivity contribution in [3.8, 4) is 5.75 Å². The smallest absolute Gasteiger partial charge is 0.119 e. The summed E-state index contributed by atoms with van der Waals surface area (Å²) >= 11 is 0. The summed E-state index contributed by atoms with van der Waals surface area (Å²) < 4.78 is 5.39. The Morgan fingerprint density at radius 1 is 1.19 bits per heavy atom. The molecule has 0 saturated heterocycles. The standard InChI is InChI=1S/C14H22O2/c1-4-13(15)10-11(3)12-6-8-14(9-7-12)16-5-2/h6-9,11,13,15H,4-5,10H2,1-3H3. The van der Waals surface area contributed by atoms with E-state index in [4.69, 9.17) is 4.74 Å². The lowest BCUT2D eigenvalue weighted by Gasteiger charge is -2.15. The Morgan fingerprint density at radius 2 is 1.81 bits per heavy atom. The molecule has 1 rings (SSSR count). The molecule has 0 aliphatic heterocycles. The van der Waals surface area contributed by atoms with Crippen LogP contribution >= 0.6 is 0 Å². The largest absolute Gasteiger partial charge is 0.494 e. The molecule has 0 heterocycles. The summed E-state index contributed by atoms with van der Waals surface area (Å²) in [5.74, 6) is 1.31. The quantitative estimate of drug-likeness (QED) is 0.799. The second kappa shape index (κ2) is 6.54. The van der Waals surface area contributed by atoms with Crippen LogP contribution < -0.4 is 4.74 Å². The third kappa shape index (κ3) is 3.86. The fourth-order valence-corrected chi connectivity index (χ4v) is 1.77. The Kier molecular flexibility index (Phi) is 5.33. The van der Waals surface area contributed by atoms with Crippen molar-refractivity contribution in [2.75, 3.05) is 6.61 Å². The molecule has 16 heavy (non-hydrogen) atoms. The van der Waals surface area contributed by atoms with E-state index in [1.54, 1.807) is 0 Å². The predicted molar refractivity (Wildman–Crippen MR) is 66.9 cm³/mol. The van der Waals surface area contributed by atoms with Crippen molar-refractivity contribution in [3.63, 3.8) is 0 Å². The van der Waals surface area contributed by atoms with Crippen molar-refractivity contribution >= 4 is 0 Å². The van der Waals surface area contributed by atoms with E-state index >= 15 is 0 Å². The molecule has 0 amide bonds. The molecule has 2 atom stereocenters. The van der Waals surface area contributed by atoms with Gasteiger partial charge in [-0.2, -0.15) is 0 Å². The molecule has 1 aromatic rings. The number of aliphatic hydroxyl groups is 1. The summed E-state index contributed by atoms with van der Waals surface area (Å²) in [5.41, 5.74) is 1.26. The molecule has 0 fully saturated rings. The highest BCUT2D eigenvalue weighted by atomic mass is 16.5. The van der Waals surface area contributed by atoms with Crippen LogP contribution in [0.4, 0.5) is 0 Å². The first-order valence-electron chi connectivity index (χ1n) is 6.08. The first kappa shape index (κ1) is 13.0.